The quantitative estimate of drug-likeness (QED) is 0.814. The maximum absolute atomic E-state index is 11.9. The highest BCUT2D eigenvalue weighted by Gasteiger charge is 2.16. The molecule has 122 valence electrons. The molecule has 0 aliphatic carbocycles. The van der Waals surface area contributed by atoms with Gasteiger partial charge in [0, 0.05) is 17.5 Å². The topological polar surface area (TPSA) is 106 Å². The smallest absolute Gasteiger partial charge is 0.349 e. The van der Waals surface area contributed by atoms with E-state index in [4.69, 9.17) is 14.3 Å². The van der Waals surface area contributed by atoms with Crippen molar-refractivity contribution in [2.75, 3.05) is 0 Å². The van der Waals surface area contributed by atoms with E-state index in [0.717, 1.165) is 0 Å². The van der Waals surface area contributed by atoms with Crippen molar-refractivity contribution in [1.29, 1.82) is 0 Å². The predicted octanol–water partition coefficient (Wildman–Crippen LogP) is 1.78. The SMILES string of the molecule is CC(C)NC(=O)c1cc2ccc(OC(C)C(=O)O)cc2oc1=O. The van der Waals surface area contributed by atoms with Crippen LogP contribution in [0.15, 0.2) is 33.5 Å². The summed E-state index contributed by atoms with van der Waals surface area (Å²) in [6, 6.07) is 5.88. The lowest BCUT2D eigenvalue weighted by Crippen LogP contribution is -2.33. The number of aliphatic carboxylic acids is 1. The Hall–Kier alpha value is -2.83. The molecule has 0 saturated carbocycles. The van der Waals surface area contributed by atoms with Crippen LogP contribution >= 0.6 is 0 Å². The molecule has 7 nitrogen and oxygen atoms in total. The highest BCUT2D eigenvalue weighted by Crippen LogP contribution is 2.21. The van der Waals surface area contributed by atoms with Crippen molar-refractivity contribution in [2.24, 2.45) is 0 Å². The summed E-state index contributed by atoms with van der Waals surface area (Å²) in [5.74, 6) is -1.35. The van der Waals surface area contributed by atoms with Crippen LogP contribution in [-0.4, -0.2) is 29.1 Å². The highest BCUT2D eigenvalue weighted by molar-refractivity contribution is 5.96. The first-order valence-electron chi connectivity index (χ1n) is 7.06. The summed E-state index contributed by atoms with van der Waals surface area (Å²) in [5.41, 5.74) is -0.635. The number of amides is 1. The van der Waals surface area contributed by atoms with Crippen LogP contribution in [0.1, 0.15) is 31.1 Å². The monoisotopic (exact) mass is 319 g/mol. The summed E-state index contributed by atoms with van der Waals surface area (Å²) in [5, 5.41) is 12.0. The number of rotatable bonds is 5. The van der Waals surface area contributed by atoms with Crippen molar-refractivity contribution in [3.8, 4) is 5.75 Å². The van der Waals surface area contributed by atoms with Gasteiger partial charge in [0.15, 0.2) is 6.10 Å². The molecular weight excluding hydrogens is 302 g/mol. The van der Waals surface area contributed by atoms with Gasteiger partial charge in [0.05, 0.1) is 0 Å². The molecule has 1 aromatic heterocycles. The Morgan fingerprint density at radius 1 is 1.22 bits per heavy atom. The Labute approximate surface area is 131 Å². The Bertz CT molecular complexity index is 808. The number of carbonyl (C=O) groups is 2. The van der Waals surface area contributed by atoms with Gasteiger partial charge in [-0.1, -0.05) is 0 Å². The Morgan fingerprint density at radius 3 is 2.52 bits per heavy atom. The zero-order valence-electron chi connectivity index (χ0n) is 13.0. The summed E-state index contributed by atoms with van der Waals surface area (Å²) in [6.07, 6.45) is -1.03. The molecular formula is C16H17NO6. The number of fused-ring (bicyclic) bond motifs is 1. The van der Waals surface area contributed by atoms with E-state index in [1.54, 1.807) is 26.0 Å². The van der Waals surface area contributed by atoms with Crippen LogP contribution in [0.5, 0.6) is 5.75 Å². The molecule has 0 bridgehead atoms. The Kier molecular flexibility index (Phi) is 4.68. The lowest BCUT2D eigenvalue weighted by Gasteiger charge is -2.11. The van der Waals surface area contributed by atoms with Gasteiger partial charge in [-0.25, -0.2) is 9.59 Å². The normalized spacial score (nSPS) is 12.2. The minimum absolute atomic E-state index is 0.0845. The van der Waals surface area contributed by atoms with Gasteiger partial charge in [0.2, 0.25) is 0 Å². The van der Waals surface area contributed by atoms with E-state index < -0.39 is 23.6 Å². The third-order valence-electron chi connectivity index (χ3n) is 3.03. The lowest BCUT2D eigenvalue weighted by atomic mass is 10.1. The number of hydrogen-bond acceptors (Lipinski definition) is 5. The first-order valence-corrected chi connectivity index (χ1v) is 7.06. The molecule has 1 amide bonds. The summed E-state index contributed by atoms with van der Waals surface area (Å²) < 4.78 is 10.3. The van der Waals surface area contributed by atoms with Crippen molar-refractivity contribution < 1.29 is 23.8 Å². The van der Waals surface area contributed by atoms with Gasteiger partial charge < -0.3 is 19.6 Å². The largest absolute Gasteiger partial charge is 0.479 e. The number of carboxylic acid groups (broad SMARTS) is 1. The van der Waals surface area contributed by atoms with E-state index in [1.807, 2.05) is 0 Å². The van der Waals surface area contributed by atoms with Crippen LogP contribution < -0.4 is 15.7 Å². The zero-order chi connectivity index (χ0) is 17.1. The fourth-order valence-electron chi connectivity index (χ4n) is 1.92. The van der Waals surface area contributed by atoms with Crippen molar-refractivity contribution in [3.05, 3.63) is 40.2 Å². The first kappa shape index (κ1) is 16.5. The molecule has 23 heavy (non-hydrogen) atoms. The molecule has 0 aliphatic heterocycles. The number of carboxylic acids is 1. The number of nitrogens with one attached hydrogen (secondary N) is 1. The number of ether oxygens (including phenoxy) is 1. The van der Waals surface area contributed by atoms with Crippen molar-refractivity contribution in [1.82, 2.24) is 5.32 Å². The van der Waals surface area contributed by atoms with Gasteiger partial charge in [0.1, 0.15) is 16.9 Å². The van der Waals surface area contributed by atoms with Gasteiger partial charge in [-0.15, -0.1) is 0 Å². The van der Waals surface area contributed by atoms with Crippen LogP contribution in [0, 0.1) is 0 Å². The minimum atomic E-state index is -1.10. The van der Waals surface area contributed by atoms with Crippen LogP contribution in [0.2, 0.25) is 0 Å². The fraction of sp³-hybridized carbons (Fsp3) is 0.312. The van der Waals surface area contributed by atoms with Crippen molar-refractivity contribution >= 4 is 22.8 Å². The van der Waals surface area contributed by atoms with Crippen LogP contribution in [0.4, 0.5) is 0 Å². The summed E-state index contributed by atoms with van der Waals surface area (Å²) in [6.45, 7) is 4.96. The van der Waals surface area contributed by atoms with E-state index in [-0.39, 0.29) is 22.9 Å². The van der Waals surface area contributed by atoms with Gasteiger partial charge in [-0.3, -0.25) is 4.79 Å². The third-order valence-corrected chi connectivity index (χ3v) is 3.03. The Morgan fingerprint density at radius 2 is 1.91 bits per heavy atom. The highest BCUT2D eigenvalue weighted by atomic mass is 16.5. The molecule has 2 rings (SSSR count). The zero-order valence-corrected chi connectivity index (χ0v) is 13.0. The first-order chi connectivity index (χ1) is 10.8. The second-order valence-corrected chi connectivity index (χ2v) is 5.37. The van der Waals surface area contributed by atoms with Crippen LogP contribution in [0.3, 0.4) is 0 Å². The molecule has 0 spiro atoms. The molecule has 0 saturated heterocycles. The molecule has 2 aromatic rings. The van der Waals surface area contributed by atoms with Crippen molar-refractivity contribution in [2.45, 2.75) is 32.9 Å². The molecule has 1 aromatic carbocycles. The average Bonchev–Trinajstić information content (AvgIpc) is 2.45. The maximum atomic E-state index is 11.9. The number of hydrogen-bond donors (Lipinski definition) is 2. The molecule has 2 N–H and O–H groups in total. The van der Waals surface area contributed by atoms with Gasteiger partial charge >= 0.3 is 11.6 Å². The summed E-state index contributed by atoms with van der Waals surface area (Å²) >= 11 is 0. The average molecular weight is 319 g/mol. The van der Waals surface area contributed by atoms with E-state index in [1.165, 1.54) is 19.1 Å². The van der Waals surface area contributed by atoms with Gasteiger partial charge in [-0.2, -0.15) is 0 Å². The van der Waals surface area contributed by atoms with Crippen molar-refractivity contribution in [3.63, 3.8) is 0 Å². The second kappa shape index (κ2) is 6.51. The Balaban J connectivity index is 2.37. The molecule has 1 heterocycles. The van der Waals surface area contributed by atoms with Gasteiger partial charge in [0.25, 0.3) is 5.91 Å². The third kappa shape index (κ3) is 3.88. The lowest BCUT2D eigenvalue weighted by molar-refractivity contribution is -0.144. The molecule has 7 heteroatoms. The van der Waals surface area contributed by atoms with E-state index >= 15 is 0 Å². The molecule has 0 radical (unpaired) electrons. The van der Waals surface area contributed by atoms with E-state index in [0.29, 0.717) is 5.39 Å². The summed E-state index contributed by atoms with van der Waals surface area (Å²) in [7, 11) is 0. The van der Waals surface area contributed by atoms with Gasteiger partial charge in [-0.05, 0) is 39.0 Å². The summed E-state index contributed by atoms with van der Waals surface area (Å²) in [4.78, 5) is 34.7. The minimum Gasteiger partial charge on any atom is -0.479 e. The second-order valence-electron chi connectivity index (χ2n) is 5.37. The molecule has 0 fully saturated rings. The van der Waals surface area contributed by atoms with E-state index in [2.05, 4.69) is 5.32 Å². The number of benzene rings is 1. The number of carbonyl (C=O) groups excluding carboxylic acids is 1. The molecule has 1 atom stereocenters. The molecule has 1 unspecified atom stereocenters. The standard InChI is InChI=1S/C16H17NO6/c1-8(2)17-14(18)12-6-10-4-5-11(22-9(3)15(19)20)7-13(10)23-16(12)21/h4-9H,1-3H3,(H,17,18)(H,19,20). The van der Waals surface area contributed by atoms with Crippen LogP contribution in [-0.2, 0) is 4.79 Å². The molecule has 0 aliphatic rings. The fourth-order valence-corrected chi connectivity index (χ4v) is 1.92. The predicted molar refractivity (Wildman–Crippen MR) is 82.8 cm³/mol. The maximum Gasteiger partial charge on any atom is 0.349 e. The van der Waals surface area contributed by atoms with Crippen LogP contribution in [0.25, 0.3) is 11.0 Å². The van der Waals surface area contributed by atoms with E-state index in [9.17, 15) is 14.4 Å².